The van der Waals surface area contributed by atoms with Gasteiger partial charge in [-0.2, -0.15) is 0 Å². The van der Waals surface area contributed by atoms with E-state index in [1.807, 2.05) is 39.0 Å². The fraction of sp³-hybridized carbons (Fsp3) is 0.381. The summed E-state index contributed by atoms with van der Waals surface area (Å²) < 4.78 is 26.4. The number of nitrogens with zero attached hydrogens (tertiary/aromatic N) is 1. The number of carbonyl (C=O) groups excluding carboxylic acids is 1. The van der Waals surface area contributed by atoms with Crippen molar-refractivity contribution in [1.82, 2.24) is 4.31 Å². The first-order chi connectivity index (χ1) is 13.2. The van der Waals surface area contributed by atoms with Crippen LogP contribution in [0.25, 0.3) is 0 Å². The number of amides is 1. The molecule has 0 heterocycles. The van der Waals surface area contributed by atoms with Crippen molar-refractivity contribution in [1.29, 1.82) is 0 Å². The molecule has 0 aliphatic heterocycles. The number of benzene rings is 2. The van der Waals surface area contributed by atoms with Crippen molar-refractivity contribution in [2.45, 2.75) is 38.5 Å². The van der Waals surface area contributed by atoms with Gasteiger partial charge in [0.05, 0.1) is 11.4 Å². The summed E-state index contributed by atoms with van der Waals surface area (Å²) in [6, 6.07) is 12.4. The van der Waals surface area contributed by atoms with Gasteiger partial charge < -0.3 is 10.6 Å². The van der Waals surface area contributed by atoms with Gasteiger partial charge in [-0.25, -0.2) is 12.7 Å². The normalized spacial score (nSPS) is 11.5. The van der Waals surface area contributed by atoms with Gasteiger partial charge in [-0.3, -0.25) is 4.79 Å². The number of unbranched alkanes of at least 4 members (excludes halogenated alkanes) is 1. The Labute approximate surface area is 168 Å². The van der Waals surface area contributed by atoms with Gasteiger partial charge in [0.15, 0.2) is 0 Å². The van der Waals surface area contributed by atoms with Crippen LogP contribution < -0.4 is 10.6 Å². The molecule has 0 radical (unpaired) electrons. The number of hydrogen-bond donors (Lipinski definition) is 2. The topological polar surface area (TPSA) is 78.5 Å². The Morgan fingerprint density at radius 2 is 1.75 bits per heavy atom. The molecule has 2 rings (SSSR count). The molecule has 0 unspecified atom stereocenters. The molecule has 0 aliphatic carbocycles. The zero-order valence-corrected chi connectivity index (χ0v) is 17.8. The monoisotopic (exact) mass is 403 g/mol. The summed E-state index contributed by atoms with van der Waals surface area (Å²) in [7, 11) is -1.89. The molecule has 6 nitrogen and oxygen atoms in total. The summed E-state index contributed by atoms with van der Waals surface area (Å²) in [6.07, 6.45) is 1.76. The minimum Gasteiger partial charge on any atom is -0.376 e. The van der Waals surface area contributed by atoms with Crippen LogP contribution in [0.5, 0.6) is 0 Å². The van der Waals surface area contributed by atoms with Crippen LogP contribution >= 0.6 is 0 Å². The number of nitrogens with one attached hydrogen (secondary N) is 2. The molecular formula is C21H29N3O3S. The number of rotatable bonds is 9. The molecule has 2 aromatic carbocycles. The lowest BCUT2D eigenvalue weighted by Gasteiger charge is -2.17. The Morgan fingerprint density at radius 1 is 1.07 bits per heavy atom. The molecule has 0 aromatic heterocycles. The third kappa shape index (κ3) is 5.81. The van der Waals surface area contributed by atoms with Gasteiger partial charge in [-0.05, 0) is 61.7 Å². The highest BCUT2D eigenvalue weighted by atomic mass is 32.2. The molecule has 0 fully saturated rings. The SMILES string of the molecule is CCCCN(C)S(=O)(=O)c1ccc(NCC(=O)Nc2cc(C)ccc2C)cc1. The summed E-state index contributed by atoms with van der Waals surface area (Å²) in [5.41, 5.74) is 3.56. The number of carbonyl (C=O) groups is 1. The van der Waals surface area contributed by atoms with Crippen LogP contribution in [0.1, 0.15) is 30.9 Å². The molecule has 0 spiro atoms. The van der Waals surface area contributed by atoms with Crippen molar-refractivity contribution < 1.29 is 13.2 Å². The molecule has 2 N–H and O–H groups in total. The Kier molecular flexibility index (Phi) is 7.60. The first kappa shape index (κ1) is 21.9. The van der Waals surface area contributed by atoms with E-state index in [0.717, 1.165) is 29.7 Å². The lowest BCUT2D eigenvalue weighted by atomic mass is 10.1. The highest BCUT2D eigenvalue weighted by Crippen LogP contribution is 2.19. The number of anilines is 2. The van der Waals surface area contributed by atoms with Crippen molar-refractivity contribution in [2.75, 3.05) is 30.8 Å². The van der Waals surface area contributed by atoms with Crippen LogP contribution in [0.4, 0.5) is 11.4 Å². The molecule has 0 saturated carbocycles. The minimum atomic E-state index is -3.48. The third-order valence-electron chi connectivity index (χ3n) is 4.51. The van der Waals surface area contributed by atoms with Gasteiger partial charge in [-0.15, -0.1) is 0 Å². The fourth-order valence-electron chi connectivity index (χ4n) is 2.67. The van der Waals surface area contributed by atoms with E-state index in [-0.39, 0.29) is 17.3 Å². The molecule has 0 atom stereocenters. The van der Waals surface area contributed by atoms with Crippen LogP contribution in [0.2, 0.25) is 0 Å². The number of hydrogen-bond acceptors (Lipinski definition) is 4. The van der Waals surface area contributed by atoms with E-state index in [4.69, 9.17) is 0 Å². The Hall–Kier alpha value is -2.38. The van der Waals surface area contributed by atoms with Crippen LogP contribution in [-0.4, -0.2) is 38.8 Å². The van der Waals surface area contributed by atoms with E-state index in [2.05, 4.69) is 10.6 Å². The van der Waals surface area contributed by atoms with Crippen molar-refractivity contribution >= 4 is 27.3 Å². The molecule has 0 saturated heterocycles. The van der Waals surface area contributed by atoms with Crippen LogP contribution in [0.3, 0.4) is 0 Å². The predicted molar refractivity (Wildman–Crippen MR) is 114 cm³/mol. The summed E-state index contributed by atoms with van der Waals surface area (Å²) >= 11 is 0. The molecule has 0 bridgehead atoms. The van der Waals surface area contributed by atoms with E-state index in [1.54, 1.807) is 31.3 Å². The summed E-state index contributed by atoms with van der Waals surface area (Å²) in [5.74, 6) is -0.162. The maximum Gasteiger partial charge on any atom is 0.243 e. The van der Waals surface area contributed by atoms with E-state index in [9.17, 15) is 13.2 Å². The predicted octanol–water partition coefficient (Wildman–Crippen LogP) is 3.77. The van der Waals surface area contributed by atoms with Crippen LogP contribution in [0.15, 0.2) is 47.4 Å². The second-order valence-corrected chi connectivity index (χ2v) is 8.97. The number of aryl methyl sites for hydroxylation is 2. The summed E-state index contributed by atoms with van der Waals surface area (Å²) in [4.78, 5) is 12.4. The zero-order valence-electron chi connectivity index (χ0n) is 17.0. The smallest absolute Gasteiger partial charge is 0.243 e. The van der Waals surface area contributed by atoms with E-state index < -0.39 is 10.0 Å². The van der Waals surface area contributed by atoms with Gasteiger partial charge in [-0.1, -0.05) is 25.5 Å². The van der Waals surface area contributed by atoms with Gasteiger partial charge in [0, 0.05) is 25.0 Å². The first-order valence-corrected chi connectivity index (χ1v) is 10.9. The summed E-state index contributed by atoms with van der Waals surface area (Å²) in [6.45, 7) is 6.53. The number of sulfonamides is 1. The third-order valence-corrected chi connectivity index (χ3v) is 6.38. The molecule has 1 amide bonds. The van der Waals surface area contributed by atoms with Gasteiger partial charge in [0.1, 0.15) is 0 Å². The highest BCUT2D eigenvalue weighted by Gasteiger charge is 2.19. The lowest BCUT2D eigenvalue weighted by molar-refractivity contribution is -0.114. The Bertz CT molecular complexity index is 909. The molecule has 28 heavy (non-hydrogen) atoms. The van der Waals surface area contributed by atoms with Crippen LogP contribution in [0, 0.1) is 13.8 Å². The average molecular weight is 404 g/mol. The van der Waals surface area contributed by atoms with Crippen molar-refractivity contribution in [3.63, 3.8) is 0 Å². The molecule has 2 aromatic rings. The quantitative estimate of drug-likeness (QED) is 0.668. The first-order valence-electron chi connectivity index (χ1n) is 9.41. The highest BCUT2D eigenvalue weighted by molar-refractivity contribution is 7.89. The van der Waals surface area contributed by atoms with Gasteiger partial charge >= 0.3 is 0 Å². The molecule has 0 aliphatic rings. The van der Waals surface area contributed by atoms with Gasteiger partial charge in [0.25, 0.3) is 0 Å². The average Bonchev–Trinajstić information content (AvgIpc) is 2.67. The summed E-state index contributed by atoms with van der Waals surface area (Å²) in [5, 5.41) is 5.91. The Balaban J connectivity index is 1.95. The van der Waals surface area contributed by atoms with Crippen LogP contribution in [-0.2, 0) is 14.8 Å². The van der Waals surface area contributed by atoms with E-state index >= 15 is 0 Å². The fourth-order valence-corrected chi connectivity index (χ4v) is 3.88. The van der Waals surface area contributed by atoms with Crippen molar-refractivity contribution in [2.24, 2.45) is 0 Å². The van der Waals surface area contributed by atoms with E-state index in [1.165, 1.54) is 4.31 Å². The van der Waals surface area contributed by atoms with Crippen molar-refractivity contribution in [3.05, 3.63) is 53.6 Å². The van der Waals surface area contributed by atoms with Gasteiger partial charge in [0.2, 0.25) is 15.9 Å². The maximum atomic E-state index is 12.5. The minimum absolute atomic E-state index is 0.0931. The largest absolute Gasteiger partial charge is 0.376 e. The standard InChI is InChI=1S/C21H29N3O3S/c1-5-6-13-24(4)28(26,27)19-11-9-18(10-12-19)22-15-21(25)23-20-14-16(2)7-8-17(20)3/h7-12,14,22H,5-6,13,15H2,1-4H3,(H,23,25). The maximum absolute atomic E-state index is 12.5. The lowest BCUT2D eigenvalue weighted by Crippen LogP contribution is -2.28. The molecule has 152 valence electrons. The van der Waals surface area contributed by atoms with E-state index in [0.29, 0.717) is 12.2 Å². The zero-order chi connectivity index (χ0) is 20.7. The molecule has 7 heteroatoms. The molecular weight excluding hydrogens is 374 g/mol. The second-order valence-electron chi connectivity index (χ2n) is 6.92. The second kappa shape index (κ2) is 9.71. The Morgan fingerprint density at radius 3 is 2.39 bits per heavy atom. The van der Waals surface area contributed by atoms with Crippen molar-refractivity contribution in [3.8, 4) is 0 Å².